The van der Waals surface area contributed by atoms with E-state index in [4.69, 9.17) is 11.6 Å². The molecule has 0 unspecified atom stereocenters. The van der Waals surface area contributed by atoms with Gasteiger partial charge in [-0.3, -0.25) is 9.59 Å². The number of hydrogen-bond donors (Lipinski definition) is 0. The van der Waals surface area contributed by atoms with E-state index < -0.39 is 0 Å². The fourth-order valence-corrected chi connectivity index (χ4v) is 3.78. The van der Waals surface area contributed by atoms with Gasteiger partial charge in [0.15, 0.2) is 0 Å². The Labute approximate surface area is 153 Å². The summed E-state index contributed by atoms with van der Waals surface area (Å²) in [7, 11) is 0. The van der Waals surface area contributed by atoms with Crippen molar-refractivity contribution in [1.82, 2.24) is 9.80 Å². The van der Waals surface area contributed by atoms with E-state index in [-0.39, 0.29) is 17.2 Å². The summed E-state index contributed by atoms with van der Waals surface area (Å²) in [6.07, 6.45) is 0.489. The van der Waals surface area contributed by atoms with Crippen molar-refractivity contribution in [3.8, 4) is 0 Å². The predicted molar refractivity (Wildman–Crippen MR) is 99.4 cm³/mol. The third-order valence-corrected chi connectivity index (χ3v) is 5.49. The molecular weight excluding hydrogens is 344 g/mol. The first-order chi connectivity index (χ1) is 11.3. The second kappa shape index (κ2) is 8.26. The maximum Gasteiger partial charge on any atom is 0.228 e. The molecule has 1 heterocycles. The Morgan fingerprint density at radius 1 is 1.08 bits per heavy atom. The molecule has 0 N–H and O–H groups in total. The minimum absolute atomic E-state index is 0.150. The highest BCUT2D eigenvalue weighted by Gasteiger charge is 2.30. The quantitative estimate of drug-likeness (QED) is 0.763. The van der Waals surface area contributed by atoms with Gasteiger partial charge in [-0.15, -0.1) is 11.8 Å². The van der Waals surface area contributed by atoms with E-state index in [0.717, 1.165) is 9.92 Å². The Balaban J connectivity index is 1.75. The molecule has 1 saturated heterocycles. The van der Waals surface area contributed by atoms with Crippen LogP contribution in [0.15, 0.2) is 29.2 Å². The fourth-order valence-electron chi connectivity index (χ4n) is 2.60. The lowest BCUT2D eigenvalue weighted by molar-refractivity contribution is -0.144. The molecular formula is C18H25ClN2O2S. The molecule has 0 bridgehead atoms. The lowest BCUT2D eigenvalue weighted by Gasteiger charge is -2.37. The van der Waals surface area contributed by atoms with Crippen LogP contribution in [0.2, 0.25) is 5.02 Å². The van der Waals surface area contributed by atoms with Gasteiger partial charge in [0.2, 0.25) is 11.8 Å². The van der Waals surface area contributed by atoms with Crippen LogP contribution in [0.4, 0.5) is 0 Å². The maximum atomic E-state index is 12.3. The Morgan fingerprint density at radius 3 is 2.25 bits per heavy atom. The third-order valence-electron chi connectivity index (χ3n) is 3.97. The molecule has 1 aromatic carbocycles. The van der Waals surface area contributed by atoms with Crippen molar-refractivity contribution in [3.05, 3.63) is 29.3 Å². The number of halogens is 1. The van der Waals surface area contributed by atoms with Crippen LogP contribution >= 0.6 is 23.4 Å². The van der Waals surface area contributed by atoms with Gasteiger partial charge in [0.05, 0.1) is 5.02 Å². The molecule has 132 valence electrons. The van der Waals surface area contributed by atoms with Crippen LogP contribution in [-0.2, 0) is 9.59 Å². The van der Waals surface area contributed by atoms with Crippen molar-refractivity contribution in [2.45, 2.75) is 32.1 Å². The van der Waals surface area contributed by atoms with E-state index in [9.17, 15) is 9.59 Å². The van der Waals surface area contributed by atoms with Crippen LogP contribution < -0.4 is 0 Å². The van der Waals surface area contributed by atoms with E-state index in [0.29, 0.717) is 38.4 Å². The third kappa shape index (κ3) is 5.15. The normalized spacial score (nSPS) is 15.5. The van der Waals surface area contributed by atoms with Gasteiger partial charge >= 0.3 is 0 Å². The summed E-state index contributed by atoms with van der Waals surface area (Å²) in [4.78, 5) is 29.3. The Bertz CT molecular complexity index is 593. The van der Waals surface area contributed by atoms with Gasteiger partial charge in [0, 0.05) is 48.7 Å². The van der Waals surface area contributed by atoms with Crippen LogP contribution in [0.1, 0.15) is 27.2 Å². The highest BCUT2D eigenvalue weighted by molar-refractivity contribution is 7.99. The molecule has 0 radical (unpaired) electrons. The molecule has 4 nitrogen and oxygen atoms in total. The van der Waals surface area contributed by atoms with Gasteiger partial charge in [-0.2, -0.15) is 0 Å². The standard InChI is InChI=1S/C18H25ClN2O2S/c1-18(2,3)17(23)21-11-9-20(10-12-21)16(22)8-13-24-15-7-5-4-6-14(15)19/h4-7H,8-13H2,1-3H3. The van der Waals surface area contributed by atoms with Gasteiger partial charge in [-0.25, -0.2) is 0 Å². The largest absolute Gasteiger partial charge is 0.339 e. The number of rotatable bonds is 4. The van der Waals surface area contributed by atoms with Crippen LogP contribution in [0.5, 0.6) is 0 Å². The molecule has 1 aliphatic rings. The number of piperazine rings is 1. The second-order valence-electron chi connectivity index (χ2n) is 6.95. The molecule has 24 heavy (non-hydrogen) atoms. The molecule has 0 atom stereocenters. The zero-order chi connectivity index (χ0) is 17.7. The van der Waals surface area contributed by atoms with E-state index in [2.05, 4.69) is 0 Å². The number of thioether (sulfide) groups is 1. The number of carbonyl (C=O) groups excluding carboxylic acids is 2. The molecule has 1 aliphatic heterocycles. The first-order valence-corrected chi connectivity index (χ1v) is 9.60. The molecule has 1 fully saturated rings. The van der Waals surface area contributed by atoms with Gasteiger partial charge in [-0.1, -0.05) is 44.5 Å². The van der Waals surface area contributed by atoms with Gasteiger partial charge < -0.3 is 9.80 Å². The zero-order valence-corrected chi connectivity index (χ0v) is 16.1. The molecule has 0 aromatic heterocycles. The van der Waals surface area contributed by atoms with E-state index in [1.54, 1.807) is 11.8 Å². The van der Waals surface area contributed by atoms with E-state index in [1.807, 2.05) is 54.8 Å². The molecule has 2 amide bonds. The zero-order valence-electron chi connectivity index (χ0n) is 14.5. The van der Waals surface area contributed by atoms with Crippen molar-refractivity contribution < 1.29 is 9.59 Å². The molecule has 0 spiro atoms. The minimum atomic E-state index is -0.363. The smallest absolute Gasteiger partial charge is 0.228 e. The molecule has 0 saturated carbocycles. The van der Waals surface area contributed by atoms with Gasteiger partial charge in [-0.05, 0) is 12.1 Å². The maximum absolute atomic E-state index is 12.3. The van der Waals surface area contributed by atoms with Crippen LogP contribution in [0.25, 0.3) is 0 Å². The summed E-state index contributed by atoms with van der Waals surface area (Å²) in [5.74, 6) is 1.02. The summed E-state index contributed by atoms with van der Waals surface area (Å²) < 4.78 is 0. The average molecular weight is 369 g/mol. The summed E-state index contributed by atoms with van der Waals surface area (Å²) in [5, 5.41) is 0.726. The second-order valence-corrected chi connectivity index (χ2v) is 8.50. The van der Waals surface area contributed by atoms with Crippen LogP contribution in [-0.4, -0.2) is 53.5 Å². The first-order valence-electron chi connectivity index (χ1n) is 8.23. The van der Waals surface area contributed by atoms with E-state index in [1.165, 1.54) is 0 Å². The number of nitrogens with zero attached hydrogens (tertiary/aromatic N) is 2. The highest BCUT2D eigenvalue weighted by Crippen LogP contribution is 2.27. The monoisotopic (exact) mass is 368 g/mol. The lowest BCUT2D eigenvalue weighted by atomic mass is 9.94. The average Bonchev–Trinajstić information content (AvgIpc) is 2.55. The summed E-state index contributed by atoms with van der Waals surface area (Å²) in [6.45, 7) is 8.28. The summed E-state index contributed by atoms with van der Waals surface area (Å²) in [6, 6.07) is 7.67. The number of benzene rings is 1. The minimum Gasteiger partial charge on any atom is -0.339 e. The first kappa shape index (κ1) is 19.1. The van der Waals surface area contributed by atoms with Crippen molar-refractivity contribution >= 4 is 35.2 Å². The van der Waals surface area contributed by atoms with Gasteiger partial charge in [0.25, 0.3) is 0 Å². The lowest BCUT2D eigenvalue weighted by Crippen LogP contribution is -2.53. The fraction of sp³-hybridized carbons (Fsp3) is 0.556. The van der Waals surface area contributed by atoms with E-state index >= 15 is 0 Å². The Hall–Kier alpha value is -1.20. The Kier molecular flexibility index (Phi) is 6.58. The predicted octanol–water partition coefficient (Wildman–Crippen LogP) is 3.54. The van der Waals surface area contributed by atoms with Crippen molar-refractivity contribution in [3.63, 3.8) is 0 Å². The topological polar surface area (TPSA) is 40.6 Å². The number of hydrogen-bond acceptors (Lipinski definition) is 3. The van der Waals surface area contributed by atoms with Crippen LogP contribution in [0.3, 0.4) is 0 Å². The molecule has 0 aliphatic carbocycles. The SMILES string of the molecule is CC(C)(C)C(=O)N1CCN(C(=O)CCSc2ccccc2Cl)CC1. The van der Waals surface area contributed by atoms with Crippen LogP contribution in [0, 0.1) is 5.41 Å². The molecule has 6 heteroatoms. The van der Waals surface area contributed by atoms with Crippen molar-refractivity contribution in [2.24, 2.45) is 5.41 Å². The summed E-state index contributed by atoms with van der Waals surface area (Å²) in [5.41, 5.74) is -0.363. The Morgan fingerprint density at radius 2 is 1.67 bits per heavy atom. The molecule has 2 rings (SSSR count). The highest BCUT2D eigenvalue weighted by atomic mass is 35.5. The number of amides is 2. The molecule has 1 aromatic rings. The summed E-state index contributed by atoms with van der Waals surface area (Å²) >= 11 is 7.72. The van der Waals surface area contributed by atoms with Gasteiger partial charge in [0.1, 0.15) is 0 Å². The van der Waals surface area contributed by atoms with Crippen molar-refractivity contribution in [1.29, 1.82) is 0 Å². The van der Waals surface area contributed by atoms with Crippen molar-refractivity contribution in [2.75, 3.05) is 31.9 Å². The number of carbonyl (C=O) groups is 2.